The Bertz CT molecular complexity index is 674. The summed E-state index contributed by atoms with van der Waals surface area (Å²) in [5.74, 6) is 0.820. The molecule has 11 heteroatoms. The molecule has 0 bridgehead atoms. The van der Waals surface area contributed by atoms with Gasteiger partial charge in [-0.1, -0.05) is 6.42 Å². The zero-order valence-corrected chi connectivity index (χ0v) is 22.5. The highest BCUT2D eigenvalue weighted by atomic mass is 32.2. The van der Waals surface area contributed by atoms with E-state index in [1.54, 1.807) is 11.9 Å². The van der Waals surface area contributed by atoms with Gasteiger partial charge < -0.3 is 34.5 Å². The van der Waals surface area contributed by atoms with E-state index in [4.69, 9.17) is 18.9 Å². The number of amides is 3. The molecule has 0 spiro atoms. The zero-order chi connectivity index (χ0) is 25.7. The summed E-state index contributed by atoms with van der Waals surface area (Å²) in [6, 6.07) is 0.417. The second-order valence-electron chi connectivity index (χ2n) is 9.86. The average Bonchev–Trinajstić information content (AvgIpc) is 3.32. The fourth-order valence-electron chi connectivity index (χ4n) is 3.87. The molecular formula is C24H43N3O7S. The number of carbonyl (C=O) groups excluding carboxylic acids is 3. The van der Waals surface area contributed by atoms with E-state index in [1.165, 1.54) is 0 Å². The molecule has 2 aliphatic rings. The topological polar surface area (TPSA) is 115 Å². The van der Waals surface area contributed by atoms with Gasteiger partial charge in [-0.25, -0.2) is 4.79 Å². The summed E-state index contributed by atoms with van der Waals surface area (Å²) in [5, 5.41) is 6.39. The summed E-state index contributed by atoms with van der Waals surface area (Å²) in [5.41, 5.74) is -0.476. The van der Waals surface area contributed by atoms with Crippen LogP contribution in [0.5, 0.6) is 0 Å². The highest BCUT2D eigenvalue weighted by Crippen LogP contribution is 2.33. The summed E-state index contributed by atoms with van der Waals surface area (Å²) in [7, 11) is 1.80. The molecule has 202 valence electrons. The van der Waals surface area contributed by atoms with Gasteiger partial charge in [-0.2, -0.15) is 11.8 Å². The Balaban J connectivity index is 1.36. The first-order chi connectivity index (χ1) is 16.7. The van der Waals surface area contributed by atoms with Gasteiger partial charge in [-0.15, -0.1) is 0 Å². The highest BCUT2D eigenvalue weighted by Gasteiger charge is 2.42. The lowest BCUT2D eigenvalue weighted by atomic mass is 10.0. The van der Waals surface area contributed by atoms with Gasteiger partial charge in [0.2, 0.25) is 5.91 Å². The van der Waals surface area contributed by atoms with E-state index in [1.807, 2.05) is 32.5 Å². The SMILES string of the molecule is CN(CCOCCOCCOCCC(=O)OC(C)(C)C)C(=O)CCCC[C@@H]1SC[C@@H]2NC(=O)N[C@@H]21. The third kappa shape index (κ3) is 12.3. The van der Waals surface area contributed by atoms with Crippen molar-refractivity contribution in [2.75, 3.05) is 59.0 Å². The van der Waals surface area contributed by atoms with Crippen molar-refractivity contribution in [1.29, 1.82) is 0 Å². The number of urea groups is 1. The van der Waals surface area contributed by atoms with Crippen LogP contribution < -0.4 is 10.6 Å². The summed E-state index contributed by atoms with van der Waals surface area (Å²) < 4.78 is 21.5. The molecule has 0 aromatic rings. The maximum atomic E-state index is 12.3. The number of esters is 1. The predicted octanol–water partition coefficient (Wildman–Crippen LogP) is 1.95. The molecule has 10 nitrogen and oxygen atoms in total. The Morgan fingerprint density at radius 1 is 0.971 bits per heavy atom. The second kappa shape index (κ2) is 15.5. The van der Waals surface area contributed by atoms with Crippen molar-refractivity contribution >= 4 is 29.7 Å². The third-order valence-electron chi connectivity index (χ3n) is 5.68. The molecule has 3 atom stereocenters. The van der Waals surface area contributed by atoms with Gasteiger partial charge in [-0.3, -0.25) is 9.59 Å². The number of nitrogens with zero attached hydrogens (tertiary/aromatic N) is 1. The van der Waals surface area contributed by atoms with Gasteiger partial charge in [0.25, 0.3) is 0 Å². The van der Waals surface area contributed by atoms with Crippen LogP contribution in [0.25, 0.3) is 0 Å². The summed E-state index contributed by atoms with van der Waals surface area (Å²) >= 11 is 1.90. The molecule has 3 amide bonds. The van der Waals surface area contributed by atoms with Crippen molar-refractivity contribution in [3.05, 3.63) is 0 Å². The lowest BCUT2D eigenvalue weighted by Gasteiger charge is -2.19. The van der Waals surface area contributed by atoms with E-state index >= 15 is 0 Å². The molecule has 0 aromatic carbocycles. The number of hydrogen-bond acceptors (Lipinski definition) is 8. The minimum Gasteiger partial charge on any atom is -0.460 e. The van der Waals surface area contributed by atoms with Crippen LogP contribution >= 0.6 is 11.8 Å². The standard InChI is InChI=1S/C24H43N3O7S/c1-24(2,3)34-21(29)9-11-31-13-15-33-16-14-32-12-10-27(4)20(28)8-6-5-7-19-22-18(17-35-19)25-23(30)26-22/h18-19,22H,5-17H2,1-4H3,(H2,25,26,30)/t18-,19-,22-/m0/s1. The summed E-state index contributed by atoms with van der Waals surface area (Å²) in [4.78, 5) is 37.0. The first-order valence-corrected chi connectivity index (χ1v) is 13.6. The number of nitrogens with one attached hydrogen (secondary N) is 2. The normalized spacial score (nSPS) is 21.4. The van der Waals surface area contributed by atoms with Crippen molar-refractivity contribution in [2.45, 2.75) is 75.8 Å². The molecule has 0 aromatic heterocycles. The fourth-order valence-corrected chi connectivity index (χ4v) is 5.42. The Labute approximate surface area is 213 Å². The molecule has 0 radical (unpaired) electrons. The van der Waals surface area contributed by atoms with Crippen LogP contribution in [0.15, 0.2) is 0 Å². The number of rotatable bonds is 17. The Morgan fingerprint density at radius 2 is 1.63 bits per heavy atom. The monoisotopic (exact) mass is 517 g/mol. The zero-order valence-electron chi connectivity index (χ0n) is 21.6. The van der Waals surface area contributed by atoms with Crippen molar-refractivity contribution in [1.82, 2.24) is 15.5 Å². The van der Waals surface area contributed by atoms with E-state index in [2.05, 4.69) is 10.6 Å². The molecule has 2 saturated heterocycles. The van der Waals surface area contributed by atoms with Gasteiger partial charge in [0.15, 0.2) is 0 Å². The minimum atomic E-state index is -0.476. The van der Waals surface area contributed by atoms with Crippen molar-refractivity contribution < 1.29 is 33.3 Å². The van der Waals surface area contributed by atoms with Gasteiger partial charge >= 0.3 is 12.0 Å². The summed E-state index contributed by atoms with van der Waals surface area (Å²) in [6.07, 6.45) is 3.61. The number of carbonyl (C=O) groups is 3. The van der Waals surface area contributed by atoms with Crippen LogP contribution in [0.2, 0.25) is 0 Å². The maximum absolute atomic E-state index is 12.3. The first-order valence-electron chi connectivity index (χ1n) is 12.5. The number of likely N-dealkylation sites (N-methyl/N-ethyl adjacent to an activating group) is 1. The Hall–Kier alpha value is -1.56. The fraction of sp³-hybridized carbons (Fsp3) is 0.875. The van der Waals surface area contributed by atoms with E-state index in [0.717, 1.165) is 25.0 Å². The van der Waals surface area contributed by atoms with Crippen LogP contribution in [0, 0.1) is 0 Å². The van der Waals surface area contributed by atoms with Crippen molar-refractivity contribution in [2.24, 2.45) is 0 Å². The van der Waals surface area contributed by atoms with Crippen LogP contribution in [0.4, 0.5) is 4.79 Å². The smallest absolute Gasteiger partial charge is 0.315 e. The molecule has 0 unspecified atom stereocenters. The molecule has 0 saturated carbocycles. The number of unbranched alkanes of at least 4 members (excludes halogenated alkanes) is 1. The molecule has 2 heterocycles. The first kappa shape index (κ1) is 29.7. The quantitative estimate of drug-likeness (QED) is 0.171. The van der Waals surface area contributed by atoms with Gasteiger partial charge in [-0.05, 0) is 33.6 Å². The van der Waals surface area contributed by atoms with E-state index in [9.17, 15) is 14.4 Å². The lowest BCUT2D eigenvalue weighted by molar-refractivity contribution is -0.156. The molecule has 2 aliphatic heterocycles. The van der Waals surface area contributed by atoms with Crippen LogP contribution in [-0.2, 0) is 28.5 Å². The number of fused-ring (bicyclic) bond motifs is 1. The summed E-state index contributed by atoms with van der Waals surface area (Å²) in [6.45, 7) is 8.57. The van der Waals surface area contributed by atoms with E-state index in [0.29, 0.717) is 57.9 Å². The number of thioether (sulfide) groups is 1. The highest BCUT2D eigenvalue weighted by molar-refractivity contribution is 8.00. The number of ether oxygens (including phenoxy) is 4. The van der Waals surface area contributed by atoms with Crippen LogP contribution in [0.1, 0.15) is 52.9 Å². The molecule has 35 heavy (non-hydrogen) atoms. The largest absolute Gasteiger partial charge is 0.460 e. The Kier molecular flexibility index (Phi) is 13.2. The molecular weight excluding hydrogens is 474 g/mol. The average molecular weight is 518 g/mol. The second-order valence-corrected chi connectivity index (χ2v) is 11.1. The molecule has 2 rings (SSSR count). The van der Waals surface area contributed by atoms with Crippen LogP contribution in [-0.4, -0.2) is 105 Å². The maximum Gasteiger partial charge on any atom is 0.315 e. The van der Waals surface area contributed by atoms with Gasteiger partial charge in [0, 0.05) is 31.0 Å². The van der Waals surface area contributed by atoms with Crippen molar-refractivity contribution in [3.8, 4) is 0 Å². The van der Waals surface area contributed by atoms with E-state index in [-0.39, 0.29) is 36.4 Å². The number of hydrogen-bond donors (Lipinski definition) is 2. The lowest BCUT2D eigenvalue weighted by Crippen LogP contribution is -2.36. The minimum absolute atomic E-state index is 0.0583. The van der Waals surface area contributed by atoms with Gasteiger partial charge in [0.1, 0.15) is 5.60 Å². The molecule has 0 aliphatic carbocycles. The molecule has 2 N–H and O–H groups in total. The third-order valence-corrected chi connectivity index (χ3v) is 7.19. The van der Waals surface area contributed by atoms with Gasteiger partial charge in [0.05, 0.1) is 58.1 Å². The van der Waals surface area contributed by atoms with Crippen molar-refractivity contribution in [3.63, 3.8) is 0 Å². The predicted molar refractivity (Wildman–Crippen MR) is 135 cm³/mol. The van der Waals surface area contributed by atoms with Crippen LogP contribution in [0.3, 0.4) is 0 Å². The van der Waals surface area contributed by atoms with E-state index < -0.39 is 5.60 Å². The Morgan fingerprint density at radius 3 is 2.31 bits per heavy atom. The molecule has 2 fully saturated rings.